The van der Waals surface area contributed by atoms with Gasteiger partial charge in [-0.3, -0.25) is 4.79 Å². The Kier molecular flexibility index (Phi) is 5.02. The van der Waals surface area contributed by atoms with Crippen LogP contribution in [0.15, 0.2) is 28.9 Å². The van der Waals surface area contributed by atoms with Crippen molar-refractivity contribution in [2.45, 2.75) is 38.7 Å². The Morgan fingerprint density at radius 1 is 1.39 bits per heavy atom. The van der Waals surface area contributed by atoms with Gasteiger partial charge in [-0.05, 0) is 44.7 Å². The first-order chi connectivity index (χ1) is 13.4. The third-order valence-electron chi connectivity index (χ3n) is 5.17. The molecule has 0 unspecified atom stereocenters. The van der Waals surface area contributed by atoms with E-state index in [1.54, 1.807) is 7.11 Å². The number of methoxy groups -OCH3 is 1. The van der Waals surface area contributed by atoms with Crippen LogP contribution in [-0.4, -0.2) is 43.3 Å². The molecule has 0 radical (unpaired) electrons. The molecule has 1 aliphatic heterocycles. The number of oxazole rings is 1. The van der Waals surface area contributed by atoms with Gasteiger partial charge < -0.3 is 24.1 Å². The molecule has 2 fully saturated rings. The van der Waals surface area contributed by atoms with E-state index in [0.29, 0.717) is 29.9 Å². The van der Waals surface area contributed by atoms with Crippen molar-refractivity contribution >= 4 is 17.3 Å². The number of rotatable bonds is 6. The standard InChI is InChI=1S/C21H27N3O4/c1-21(2)13-24(8-9-28-21)15-6-7-16(18(11-15)26-3)23-20(25)17-12-27-19(22-17)10-14-4-5-14/h6-7,11-12,14H,4-5,8-10,13H2,1-3H3,(H,23,25). The Balaban J connectivity index is 1.46. The molecule has 2 heterocycles. The number of carbonyl (C=O) groups is 1. The minimum absolute atomic E-state index is 0.191. The topological polar surface area (TPSA) is 76.8 Å². The van der Waals surface area contributed by atoms with Gasteiger partial charge >= 0.3 is 0 Å². The zero-order valence-electron chi connectivity index (χ0n) is 16.7. The average molecular weight is 385 g/mol. The summed E-state index contributed by atoms with van der Waals surface area (Å²) in [4.78, 5) is 19.1. The predicted octanol–water partition coefficient (Wildman–Crippen LogP) is 3.50. The number of morpholine rings is 1. The number of ether oxygens (including phenoxy) is 2. The number of nitrogens with zero attached hydrogens (tertiary/aromatic N) is 2. The molecule has 150 valence electrons. The third-order valence-corrected chi connectivity index (χ3v) is 5.17. The molecule has 2 aromatic rings. The van der Waals surface area contributed by atoms with Gasteiger partial charge in [-0.1, -0.05) is 0 Å². The Morgan fingerprint density at radius 3 is 2.93 bits per heavy atom. The van der Waals surface area contributed by atoms with Crippen LogP contribution in [0.5, 0.6) is 5.75 Å². The fourth-order valence-electron chi connectivity index (χ4n) is 3.48. The van der Waals surface area contributed by atoms with Gasteiger partial charge in [0.15, 0.2) is 11.6 Å². The molecule has 1 aromatic heterocycles. The highest BCUT2D eigenvalue weighted by Gasteiger charge is 2.28. The second-order valence-electron chi connectivity index (χ2n) is 8.14. The number of anilines is 2. The first-order valence-corrected chi connectivity index (χ1v) is 9.76. The van der Waals surface area contributed by atoms with Crippen molar-refractivity contribution < 1.29 is 18.7 Å². The number of aromatic nitrogens is 1. The Bertz CT molecular complexity index is 857. The largest absolute Gasteiger partial charge is 0.494 e. The lowest BCUT2D eigenvalue weighted by atomic mass is 10.1. The molecule has 1 aliphatic carbocycles. The van der Waals surface area contributed by atoms with E-state index in [9.17, 15) is 4.79 Å². The first-order valence-electron chi connectivity index (χ1n) is 9.76. The monoisotopic (exact) mass is 385 g/mol. The molecule has 2 aliphatic rings. The van der Waals surface area contributed by atoms with E-state index in [-0.39, 0.29) is 17.2 Å². The highest BCUT2D eigenvalue weighted by atomic mass is 16.5. The molecular formula is C21H27N3O4. The van der Waals surface area contributed by atoms with Gasteiger partial charge in [-0.2, -0.15) is 0 Å². The Labute approximate surface area is 165 Å². The summed E-state index contributed by atoms with van der Waals surface area (Å²) >= 11 is 0. The number of nitrogens with one attached hydrogen (secondary N) is 1. The van der Waals surface area contributed by atoms with Gasteiger partial charge in [0, 0.05) is 31.3 Å². The lowest BCUT2D eigenvalue weighted by molar-refractivity contribution is -0.0277. The van der Waals surface area contributed by atoms with Gasteiger partial charge in [0.2, 0.25) is 0 Å². The number of benzene rings is 1. The van der Waals surface area contributed by atoms with E-state index in [2.05, 4.69) is 29.0 Å². The minimum Gasteiger partial charge on any atom is -0.494 e. The summed E-state index contributed by atoms with van der Waals surface area (Å²) in [6.45, 7) is 6.47. The molecule has 1 saturated carbocycles. The van der Waals surface area contributed by atoms with E-state index >= 15 is 0 Å². The highest BCUT2D eigenvalue weighted by molar-refractivity contribution is 6.03. The number of amides is 1. The molecule has 1 saturated heterocycles. The summed E-state index contributed by atoms with van der Waals surface area (Å²) in [7, 11) is 1.60. The maximum atomic E-state index is 12.6. The van der Waals surface area contributed by atoms with Crippen LogP contribution in [0.3, 0.4) is 0 Å². The van der Waals surface area contributed by atoms with Crippen molar-refractivity contribution in [1.82, 2.24) is 4.98 Å². The van der Waals surface area contributed by atoms with E-state index in [0.717, 1.165) is 25.2 Å². The molecule has 0 bridgehead atoms. The SMILES string of the molecule is COc1cc(N2CCOC(C)(C)C2)ccc1NC(=O)c1coc(CC2CC2)n1. The van der Waals surface area contributed by atoms with Crippen molar-refractivity contribution in [1.29, 1.82) is 0 Å². The van der Waals surface area contributed by atoms with Crippen molar-refractivity contribution in [3.8, 4) is 5.75 Å². The molecule has 0 spiro atoms. The summed E-state index contributed by atoms with van der Waals surface area (Å²) in [5.41, 5.74) is 1.75. The maximum absolute atomic E-state index is 12.6. The predicted molar refractivity (Wildman–Crippen MR) is 106 cm³/mol. The highest BCUT2D eigenvalue weighted by Crippen LogP contribution is 2.33. The lowest BCUT2D eigenvalue weighted by Crippen LogP contribution is -2.48. The summed E-state index contributed by atoms with van der Waals surface area (Å²) in [5.74, 6) is 1.60. The average Bonchev–Trinajstić information content (AvgIpc) is 3.35. The molecule has 1 N–H and O–H groups in total. The molecule has 4 rings (SSSR count). The van der Waals surface area contributed by atoms with Crippen molar-refractivity contribution in [3.63, 3.8) is 0 Å². The van der Waals surface area contributed by atoms with Gasteiger partial charge in [0.05, 0.1) is 25.0 Å². The second kappa shape index (κ2) is 7.47. The maximum Gasteiger partial charge on any atom is 0.277 e. The van der Waals surface area contributed by atoms with Crippen LogP contribution in [0.2, 0.25) is 0 Å². The zero-order chi connectivity index (χ0) is 19.7. The van der Waals surface area contributed by atoms with E-state index < -0.39 is 0 Å². The number of hydrogen-bond acceptors (Lipinski definition) is 6. The van der Waals surface area contributed by atoms with Crippen molar-refractivity contribution in [2.24, 2.45) is 5.92 Å². The first kappa shape index (κ1) is 18.8. The Morgan fingerprint density at radius 2 is 2.21 bits per heavy atom. The van der Waals surface area contributed by atoms with Crippen LogP contribution in [0.1, 0.15) is 43.1 Å². The molecule has 28 heavy (non-hydrogen) atoms. The fraction of sp³-hybridized carbons (Fsp3) is 0.524. The molecule has 1 aromatic carbocycles. The van der Waals surface area contributed by atoms with Gasteiger partial charge in [-0.15, -0.1) is 0 Å². The second-order valence-corrected chi connectivity index (χ2v) is 8.14. The van der Waals surface area contributed by atoms with Gasteiger partial charge in [0.25, 0.3) is 5.91 Å². The molecule has 1 amide bonds. The Hall–Kier alpha value is -2.54. The fourth-order valence-corrected chi connectivity index (χ4v) is 3.48. The molecule has 7 heteroatoms. The molecular weight excluding hydrogens is 358 g/mol. The van der Waals surface area contributed by atoms with Crippen molar-refractivity contribution in [3.05, 3.63) is 36.0 Å². The van der Waals surface area contributed by atoms with Gasteiger partial charge in [0.1, 0.15) is 12.0 Å². The van der Waals surface area contributed by atoms with Crippen LogP contribution in [0, 0.1) is 5.92 Å². The van der Waals surface area contributed by atoms with Crippen LogP contribution in [0.4, 0.5) is 11.4 Å². The smallest absolute Gasteiger partial charge is 0.277 e. The number of carbonyl (C=O) groups excluding carboxylic acids is 1. The quantitative estimate of drug-likeness (QED) is 0.820. The molecule has 0 atom stereocenters. The van der Waals surface area contributed by atoms with Crippen molar-refractivity contribution in [2.75, 3.05) is 37.0 Å². The summed E-state index contributed by atoms with van der Waals surface area (Å²) in [5, 5.41) is 2.88. The summed E-state index contributed by atoms with van der Waals surface area (Å²) in [6.07, 6.45) is 4.66. The summed E-state index contributed by atoms with van der Waals surface area (Å²) in [6, 6.07) is 5.79. The van der Waals surface area contributed by atoms with E-state index in [1.807, 2.05) is 18.2 Å². The van der Waals surface area contributed by atoms with Gasteiger partial charge in [-0.25, -0.2) is 4.98 Å². The molecule has 7 nitrogen and oxygen atoms in total. The van der Waals surface area contributed by atoms with E-state index in [4.69, 9.17) is 13.9 Å². The normalized spacial score (nSPS) is 18.8. The lowest BCUT2D eigenvalue weighted by Gasteiger charge is -2.39. The van der Waals surface area contributed by atoms with Crippen LogP contribution in [-0.2, 0) is 11.2 Å². The van der Waals surface area contributed by atoms with E-state index in [1.165, 1.54) is 19.1 Å². The third kappa shape index (κ3) is 4.30. The zero-order valence-corrected chi connectivity index (χ0v) is 16.7. The van der Waals surface area contributed by atoms with Crippen LogP contribution in [0.25, 0.3) is 0 Å². The summed E-state index contributed by atoms with van der Waals surface area (Å²) < 4.78 is 16.7. The number of hydrogen-bond donors (Lipinski definition) is 1. The van der Waals surface area contributed by atoms with Crippen LogP contribution < -0.4 is 15.0 Å². The van der Waals surface area contributed by atoms with Crippen LogP contribution >= 0.6 is 0 Å². The minimum atomic E-state index is -0.302.